The third-order valence-corrected chi connectivity index (χ3v) is 6.16. The molecule has 9 atom stereocenters. The maximum atomic E-state index is 12.5. The average Bonchev–Trinajstić information content (AvgIpc) is 3.51. The van der Waals surface area contributed by atoms with Crippen LogP contribution in [-0.2, 0) is 25.6 Å². The third-order valence-electron chi connectivity index (χ3n) is 6.16. The van der Waals surface area contributed by atoms with Crippen LogP contribution >= 0.6 is 0 Å². The van der Waals surface area contributed by atoms with E-state index in [9.17, 15) is 40.2 Å². The number of hydrogen-bond acceptors (Lipinski definition) is 14. The first-order valence-electron chi connectivity index (χ1n) is 11.5. The number of aliphatic hydroxyl groups is 6. The Morgan fingerprint density at radius 3 is 2.26 bits per heavy atom. The molecule has 38 heavy (non-hydrogen) atoms. The highest BCUT2D eigenvalue weighted by atomic mass is 16.7. The molecule has 0 aliphatic carbocycles. The summed E-state index contributed by atoms with van der Waals surface area (Å²) in [7, 11) is 0. The van der Waals surface area contributed by atoms with Gasteiger partial charge in [0.2, 0.25) is 5.82 Å². The molecule has 4 rings (SSSR count). The maximum absolute atomic E-state index is 12.5. The van der Waals surface area contributed by atoms with E-state index in [-0.39, 0.29) is 18.0 Å². The fraction of sp³-hybridized carbons (Fsp3) is 0.545. The number of primary amides is 1. The van der Waals surface area contributed by atoms with Crippen molar-refractivity contribution < 1.29 is 59.2 Å². The molecule has 1 aromatic heterocycles. The number of carbonyl (C=O) groups is 2. The molecule has 2 aromatic rings. The van der Waals surface area contributed by atoms with Gasteiger partial charge in [0.05, 0.1) is 18.8 Å². The van der Waals surface area contributed by atoms with Crippen molar-refractivity contribution in [3.63, 3.8) is 0 Å². The van der Waals surface area contributed by atoms with Crippen LogP contribution in [0.25, 0.3) is 0 Å². The van der Waals surface area contributed by atoms with Crippen LogP contribution in [0.3, 0.4) is 0 Å². The van der Waals surface area contributed by atoms with E-state index in [4.69, 9.17) is 24.7 Å². The van der Waals surface area contributed by atoms with E-state index in [1.807, 2.05) is 0 Å². The number of carbonyl (C=O) groups excluding carboxylic acids is 2. The normalized spacial score (nSPS) is 33.3. The van der Waals surface area contributed by atoms with Crippen LogP contribution in [0.15, 0.2) is 30.6 Å². The van der Waals surface area contributed by atoms with Gasteiger partial charge in [0.25, 0.3) is 5.91 Å². The highest BCUT2D eigenvalue weighted by Crippen LogP contribution is 2.29. The van der Waals surface area contributed by atoms with E-state index in [0.29, 0.717) is 5.56 Å². The van der Waals surface area contributed by atoms with Crippen LogP contribution in [-0.4, -0.2) is 120 Å². The molecule has 0 bridgehead atoms. The Kier molecular flexibility index (Phi) is 8.66. The second-order valence-corrected chi connectivity index (χ2v) is 8.76. The van der Waals surface area contributed by atoms with Crippen molar-refractivity contribution in [2.24, 2.45) is 5.73 Å². The molecule has 2 fully saturated rings. The zero-order valence-corrected chi connectivity index (χ0v) is 19.8. The summed E-state index contributed by atoms with van der Waals surface area (Å²) < 4.78 is 22.5. The fourth-order valence-electron chi connectivity index (χ4n) is 3.96. The lowest BCUT2D eigenvalue weighted by molar-refractivity contribution is -0.304. The molecule has 1 aromatic carbocycles. The fourth-order valence-corrected chi connectivity index (χ4v) is 3.96. The number of esters is 1. The van der Waals surface area contributed by atoms with E-state index in [1.54, 1.807) is 12.1 Å². The number of rotatable bonds is 9. The molecule has 2 aliphatic heterocycles. The number of hydrogen-bond donors (Lipinski definition) is 7. The second kappa shape index (κ2) is 11.8. The Morgan fingerprint density at radius 2 is 1.63 bits per heavy atom. The zero-order chi connectivity index (χ0) is 27.6. The lowest BCUT2D eigenvalue weighted by Crippen LogP contribution is -2.59. The first kappa shape index (κ1) is 28.0. The van der Waals surface area contributed by atoms with Crippen LogP contribution in [0.5, 0.6) is 0 Å². The lowest BCUT2D eigenvalue weighted by atomic mass is 9.99. The number of ether oxygens (including phenoxy) is 4. The maximum Gasteiger partial charge on any atom is 0.338 e. The molecule has 0 spiro atoms. The Hall–Kier alpha value is -3.06. The van der Waals surface area contributed by atoms with Crippen molar-refractivity contribution in [3.8, 4) is 0 Å². The van der Waals surface area contributed by atoms with Crippen LogP contribution in [0.4, 0.5) is 0 Å². The van der Waals surface area contributed by atoms with Crippen molar-refractivity contribution in [1.82, 2.24) is 14.8 Å². The number of nitrogens with two attached hydrogens (primary N) is 1. The number of aliphatic hydroxyl groups excluding tert-OH is 6. The largest absolute Gasteiger partial charge is 0.459 e. The molecule has 3 unspecified atom stereocenters. The third kappa shape index (κ3) is 5.83. The van der Waals surface area contributed by atoms with Gasteiger partial charge in [-0.15, -0.1) is 5.10 Å². The van der Waals surface area contributed by atoms with Gasteiger partial charge in [-0.05, 0) is 17.7 Å². The number of aromatic nitrogens is 3. The van der Waals surface area contributed by atoms with Crippen molar-refractivity contribution in [2.75, 3.05) is 13.2 Å². The van der Waals surface area contributed by atoms with Gasteiger partial charge in [-0.1, -0.05) is 12.1 Å². The summed E-state index contributed by atoms with van der Waals surface area (Å²) >= 11 is 0. The van der Waals surface area contributed by atoms with Crippen molar-refractivity contribution in [1.29, 1.82) is 0 Å². The monoisotopic (exact) mass is 540 g/mol. The van der Waals surface area contributed by atoms with Gasteiger partial charge in [-0.25, -0.2) is 14.5 Å². The molecule has 0 radical (unpaired) electrons. The first-order chi connectivity index (χ1) is 18.1. The van der Waals surface area contributed by atoms with Crippen molar-refractivity contribution in [2.45, 2.75) is 61.9 Å². The van der Waals surface area contributed by atoms with Crippen LogP contribution < -0.4 is 5.73 Å². The van der Waals surface area contributed by atoms with E-state index >= 15 is 0 Å². The van der Waals surface area contributed by atoms with Crippen LogP contribution in [0.2, 0.25) is 0 Å². The summed E-state index contributed by atoms with van der Waals surface area (Å²) in [6.45, 7) is -1.06. The standard InChI is InChI=1S/C22H28N4O12/c23-18(33)19-24-8-26(25-19)20-16(31)14(29)12(37-20)7-35-21(34)10-3-1-9(2-4-10)6-36-22-17(32)15(30)13(28)11(5-27)38-22/h1-4,8,11-17,20,22,27-32H,5-7H2,(H2,23,33)/t11?,12-,13+,14-,15?,16-,17?,20-,22-/m1/s1. The minimum absolute atomic E-state index is 0.0842. The smallest absolute Gasteiger partial charge is 0.338 e. The predicted molar refractivity (Wildman–Crippen MR) is 120 cm³/mol. The van der Waals surface area contributed by atoms with Gasteiger partial charge in [0, 0.05) is 0 Å². The topological polar surface area (TPSA) is 249 Å². The second-order valence-electron chi connectivity index (χ2n) is 8.76. The number of nitrogens with zero attached hydrogens (tertiary/aromatic N) is 3. The van der Waals surface area contributed by atoms with Gasteiger partial charge in [0.1, 0.15) is 55.7 Å². The summed E-state index contributed by atoms with van der Waals surface area (Å²) in [6, 6.07) is 5.97. The van der Waals surface area contributed by atoms with E-state index in [0.717, 1.165) is 11.0 Å². The molecule has 1 amide bonds. The molecule has 16 heteroatoms. The summed E-state index contributed by atoms with van der Waals surface area (Å²) in [6.07, 6.45) is -11.0. The van der Waals surface area contributed by atoms with E-state index in [1.165, 1.54) is 12.1 Å². The predicted octanol–water partition coefficient (Wildman–Crippen LogP) is -3.83. The molecule has 2 aliphatic rings. The van der Waals surface area contributed by atoms with Crippen LogP contribution in [0, 0.1) is 0 Å². The minimum Gasteiger partial charge on any atom is -0.459 e. The summed E-state index contributed by atoms with van der Waals surface area (Å²) in [5, 5.41) is 63.2. The Labute approximate surface area is 214 Å². The molecule has 8 N–H and O–H groups in total. The summed E-state index contributed by atoms with van der Waals surface area (Å²) in [5.41, 5.74) is 5.83. The highest BCUT2D eigenvalue weighted by molar-refractivity contribution is 5.89. The summed E-state index contributed by atoms with van der Waals surface area (Å²) in [5.74, 6) is -1.92. The van der Waals surface area contributed by atoms with Gasteiger partial charge < -0.3 is 55.3 Å². The zero-order valence-electron chi connectivity index (χ0n) is 19.8. The molecule has 2 saturated heterocycles. The SMILES string of the molecule is NC(=O)c1ncn([C@@H]2O[C@H](COC(=O)c3ccc(CO[C@@H]4OC(CO)[C@H](O)C(O)C4O)cc3)[C@@H](O)[C@H]2O)n1. The molecule has 208 valence electrons. The van der Waals surface area contributed by atoms with Gasteiger partial charge in [-0.2, -0.15) is 0 Å². The Bertz CT molecular complexity index is 1110. The minimum atomic E-state index is -1.56. The van der Waals surface area contributed by atoms with E-state index in [2.05, 4.69) is 10.1 Å². The average molecular weight is 540 g/mol. The number of amides is 1. The van der Waals surface area contributed by atoms with E-state index < -0.39 is 80.3 Å². The van der Waals surface area contributed by atoms with Gasteiger partial charge >= 0.3 is 5.97 Å². The van der Waals surface area contributed by atoms with Crippen LogP contribution in [0.1, 0.15) is 32.8 Å². The van der Waals surface area contributed by atoms with Crippen molar-refractivity contribution >= 4 is 11.9 Å². The van der Waals surface area contributed by atoms with Gasteiger partial charge in [0.15, 0.2) is 12.5 Å². The molecule has 0 saturated carbocycles. The quantitative estimate of drug-likeness (QED) is 0.151. The molecule has 16 nitrogen and oxygen atoms in total. The van der Waals surface area contributed by atoms with Crippen molar-refractivity contribution in [3.05, 3.63) is 47.5 Å². The Morgan fingerprint density at radius 1 is 0.947 bits per heavy atom. The molecule has 3 heterocycles. The summed E-state index contributed by atoms with van der Waals surface area (Å²) in [4.78, 5) is 27.3. The Balaban J connectivity index is 1.28. The molecular weight excluding hydrogens is 512 g/mol. The van der Waals surface area contributed by atoms with Gasteiger partial charge in [-0.3, -0.25) is 4.79 Å². The lowest BCUT2D eigenvalue weighted by Gasteiger charge is -2.39. The first-order valence-corrected chi connectivity index (χ1v) is 11.5. The molecular formula is C22H28N4O12. The number of benzene rings is 1. The highest BCUT2D eigenvalue weighted by Gasteiger charge is 2.45.